The molecule has 1 aromatic rings. The van der Waals surface area contributed by atoms with E-state index in [1.165, 1.54) is 7.11 Å². The molecule has 1 aromatic heterocycles. The lowest BCUT2D eigenvalue weighted by atomic mass is 10.2. The molecule has 1 fully saturated rings. The van der Waals surface area contributed by atoms with Crippen molar-refractivity contribution in [1.82, 2.24) is 14.7 Å². The monoisotopic (exact) mass is 279 g/mol. The molecule has 7 heteroatoms. The molecule has 7 nitrogen and oxygen atoms in total. The second kappa shape index (κ2) is 5.15. The maximum atomic E-state index is 12.5. The van der Waals surface area contributed by atoms with Crippen molar-refractivity contribution in [3.05, 3.63) is 11.8 Å². The molecule has 3 rings (SSSR count). The van der Waals surface area contributed by atoms with Gasteiger partial charge in [-0.1, -0.05) is 0 Å². The summed E-state index contributed by atoms with van der Waals surface area (Å²) >= 11 is 0. The lowest BCUT2D eigenvalue weighted by molar-refractivity contribution is -0.145. The standard InChI is InChI=1S/C13H17N3O4/c1-19-13(18)10-4-2-5-15(10)12(17)9-8-11-16(14-9)6-3-7-20-11/h8,10H,2-7H2,1H3. The van der Waals surface area contributed by atoms with Crippen LogP contribution in [0.1, 0.15) is 29.8 Å². The van der Waals surface area contributed by atoms with E-state index in [0.29, 0.717) is 31.1 Å². The Morgan fingerprint density at radius 1 is 1.40 bits per heavy atom. The van der Waals surface area contributed by atoms with Crippen LogP contribution in [-0.2, 0) is 16.1 Å². The van der Waals surface area contributed by atoms with E-state index in [2.05, 4.69) is 5.10 Å². The van der Waals surface area contributed by atoms with Gasteiger partial charge in [0.1, 0.15) is 6.04 Å². The van der Waals surface area contributed by atoms with Crippen molar-refractivity contribution in [3.63, 3.8) is 0 Å². The van der Waals surface area contributed by atoms with E-state index in [1.807, 2.05) is 0 Å². The van der Waals surface area contributed by atoms with Crippen LogP contribution in [0.3, 0.4) is 0 Å². The van der Waals surface area contributed by atoms with Crippen molar-refractivity contribution < 1.29 is 19.1 Å². The Hall–Kier alpha value is -2.05. The number of hydrogen-bond acceptors (Lipinski definition) is 5. The Labute approximate surface area is 116 Å². The molecule has 1 saturated heterocycles. The van der Waals surface area contributed by atoms with Crippen LogP contribution >= 0.6 is 0 Å². The zero-order chi connectivity index (χ0) is 14.1. The van der Waals surface area contributed by atoms with Crippen LogP contribution in [0.4, 0.5) is 0 Å². The quantitative estimate of drug-likeness (QED) is 0.735. The molecule has 1 unspecified atom stereocenters. The van der Waals surface area contributed by atoms with Gasteiger partial charge in [0, 0.05) is 25.6 Å². The zero-order valence-corrected chi connectivity index (χ0v) is 11.4. The Bertz CT molecular complexity index is 516. The number of amides is 1. The minimum absolute atomic E-state index is 0.233. The zero-order valence-electron chi connectivity index (χ0n) is 11.4. The fourth-order valence-corrected chi connectivity index (χ4v) is 2.71. The van der Waals surface area contributed by atoms with Crippen LogP contribution in [-0.4, -0.2) is 52.9 Å². The lowest BCUT2D eigenvalue weighted by Crippen LogP contribution is -2.41. The van der Waals surface area contributed by atoms with Crippen molar-refractivity contribution in [1.29, 1.82) is 0 Å². The van der Waals surface area contributed by atoms with Crippen molar-refractivity contribution in [3.8, 4) is 5.88 Å². The number of esters is 1. The molecule has 0 radical (unpaired) electrons. The van der Waals surface area contributed by atoms with Gasteiger partial charge in [-0.15, -0.1) is 0 Å². The van der Waals surface area contributed by atoms with E-state index in [0.717, 1.165) is 19.4 Å². The fraction of sp³-hybridized carbons (Fsp3) is 0.615. The maximum absolute atomic E-state index is 12.5. The van der Waals surface area contributed by atoms with Gasteiger partial charge >= 0.3 is 5.97 Å². The third-order valence-electron chi connectivity index (χ3n) is 3.71. The number of carbonyl (C=O) groups is 2. The fourth-order valence-electron chi connectivity index (χ4n) is 2.71. The molecule has 20 heavy (non-hydrogen) atoms. The average molecular weight is 279 g/mol. The summed E-state index contributed by atoms with van der Waals surface area (Å²) in [5, 5.41) is 4.26. The highest BCUT2D eigenvalue weighted by Crippen LogP contribution is 2.24. The summed E-state index contributed by atoms with van der Waals surface area (Å²) in [6.45, 7) is 1.96. The number of rotatable bonds is 2. The van der Waals surface area contributed by atoms with Gasteiger partial charge in [-0.25, -0.2) is 9.48 Å². The Balaban J connectivity index is 1.81. The normalized spacial score (nSPS) is 21.2. The summed E-state index contributed by atoms with van der Waals surface area (Å²) in [7, 11) is 1.34. The summed E-state index contributed by atoms with van der Waals surface area (Å²) < 4.78 is 11.9. The highest BCUT2D eigenvalue weighted by Gasteiger charge is 2.36. The van der Waals surface area contributed by atoms with Gasteiger partial charge in [-0.3, -0.25) is 4.79 Å². The van der Waals surface area contributed by atoms with E-state index in [9.17, 15) is 9.59 Å². The first-order valence-corrected chi connectivity index (χ1v) is 6.80. The molecule has 3 heterocycles. The van der Waals surface area contributed by atoms with E-state index in [1.54, 1.807) is 15.6 Å². The molecular weight excluding hydrogens is 262 g/mol. The molecule has 0 spiro atoms. The Morgan fingerprint density at radius 2 is 2.25 bits per heavy atom. The number of likely N-dealkylation sites (tertiary alicyclic amines) is 1. The van der Waals surface area contributed by atoms with Crippen LogP contribution in [0.25, 0.3) is 0 Å². The molecule has 0 aliphatic carbocycles. The molecule has 2 aliphatic rings. The van der Waals surface area contributed by atoms with Crippen molar-refractivity contribution in [2.45, 2.75) is 31.8 Å². The molecular formula is C13H17N3O4. The van der Waals surface area contributed by atoms with E-state index >= 15 is 0 Å². The number of aromatic nitrogens is 2. The highest BCUT2D eigenvalue weighted by molar-refractivity contribution is 5.95. The predicted octanol–water partition coefficient (Wildman–Crippen LogP) is 0.443. The third kappa shape index (κ3) is 2.13. The van der Waals surface area contributed by atoms with Gasteiger partial charge < -0.3 is 14.4 Å². The van der Waals surface area contributed by atoms with Gasteiger partial charge in [0.25, 0.3) is 5.91 Å². The van der Waals surface area contributed by atoms with Gasteiger partial charge in [-0.05, 0) is 12.8 Å². The van der Waals surface area contributed by atoms with Gasteiger partial charge in [0.05, 0.1) is 13.7 Å². The molecule has 2 aliphatic heterocycles. The second-order valence-electron chi connectivity index (χ2n) is 4.97. The maximum Gasteiger partial charge on any atom is 0.328 e. The summed E-state index contributed by atoms with van der Waals surface area (Å²) in [5.41, 5.74) is 0.331. The largest absolute Gasteiger partial charge is 0.478 e. The van der Waals surface area contributed by atoms with E-state index in [-0.39, 0.29) is 11.9 Å². The second-order valence-corrected chi connectivity index (χ2v) is 4.97. The number of nitrogens with zero attached hydrogens (tertiary/aromatic N) is 3. The summed E-state index contributed by atoms with van der Waals surface area (Å²) in [4.78, 5) is 25.7. The van der Waals surface area contributed by atoms with Crippen LogP contribution in [0.2, 0.25) is 0 Å². The summed E-state index contributed by atoms with van der Waals surface area (Å²) in [6.07, 6.45) is 2.33. The summed E-state index contributed by atoms with van der Waals surface area (Å²) in [5.74, 6) is 0.0212. The number of fused-ring (bicyclic) bond motifs is 1. The van der Waals surface area contributed by atoms with Crippen molar-refractivity contribution in [2.75, 3.05) is 20.3 Å². The van der Waals surface area contributed by atoms with Crippen molar-refractivity contribution >= 4 is 11.9 Å². The minimum atomic E-state index is -0.493. The number of carbonyl (C=O) groups excluding carboxylic acids is 2. The van der Waals surface area contributed by atoms with Crippen LogP contribution in [0.5, 0.6) is 5.88 Å². The van der Waals surface area contributed by atoms with Crippen LogP contribution in [0, 0.1) is 0 Å². The lowest BCUT2D eigenvalue weighted by Gasteiger charge is -2.21. The van der Waals surface area contributed by atoms with Crippen molar-refractivity contribution in [2.24, 2.45) is 0 Å². The molecule has 0 bridgehead atoms. The van der Waals surface area contributed by atoms with Gasteiger partial charge in [0.15, 0.2) is 5.69 Å². The molecule has 0 aromatic carbocycles. The first-order valence-electron chi connectivity index (χ1n) is 6.80. The highest BCUT2D eigenvalue weighted by atomic mass is 16.5. The van der Waals surface area contributed by atoms with E-state index < -0.39 is 6.04 Å². The van der Waals surface area contributed by atoms with Crippen LogP contribution in [0.15, 0.2) is 6.07 Å². The van der Waals surface area contributed by atoms with Gasteiger partial charge in [-0.2, -0.15) is 5.10 Å². The number of aryl methyl sites for hydroxylation is 1. The first kappa shape index (κ1) is 13.0. The smallest absolute Gasteiger partial charge is 0.328 e. The van der Waals surface area contributed by atoms with Gasteiger partial charge in [0.2, 0.25) is 5.88 Å². The third-order valence-corrected chi connectivity index (χ3v) is 3.71. The Kier molecular flexibility index (Phi) is 3.33. The summed E-state index contributed by atoms with van der Waals surface area (Å²) in [6, 6.07) is 1.15. The molecule has 1 atom stereocenters. The first-order chi connectivity index (χ1) is 9.70. The molecule has 108 valence electrons. The van der Waals surface area contributed by atoms with E-state index in [4.69, 9.17) is 9.47 Å². The topological polar surface area (TPSA) is 73.7 Å². The SMILES string of the molecule is COC(=O)C1CCCN1C(=O)c1cc2n(n1)CCCO2. The predicted molar refractivity (Wildman–Crippen MR) is 68.4 cm³/mol. The average Bonchev–Trinajstić information content (AvgIpc) is 3.11. The minimum Gasteiger partial charge on any atom is -0.478 e. The molecule has 1 amide bonds. The molecule has 0 saturated carbocycles. The number of ether oxygens (including phenoxy) is 2. The number of methoxy groups -OCH3 is 1. The Morgan fingerprint density at radius 3 is 3.00 bits per heavy atom. The van der Waals surface area contributed by atoms with Crippen LogP contribution < -0.4 is 4.74 Å². The molecule has 0 N–H and O–H groups in total. The number of hydrogen-bond donors (Lipinski definition) is 0.